The van der Waals surface area contributed by atoms with Crippen LogP contribution in [0.1, 0.15) is 303 Å². The molecule has 1 saturated heterocycles. The quantitative estimate of drug-likeness (QED) is 0.0215. The standard InChI is InChI=1S/C63H121NO10/c1-3-5-7-9-11-13-15-17-19-21-22-23-24-25-26-27-28-29-30-31-32-33-35-37-39-41-43-45-47-49-51-56(67)62(72)64-54(53-73-63-61(71)60(70)59(69)57(52-65)74-63)58(68)55(66)50-48-46-44-42-40-38-36-34-20-18-16-14-12-10-8-6-4-2/h25-26,42,44,54-61,63,65-71H,3-24,27-41,43,45-53H2,1-2H3,(H,64,72)/b26-25-,44-42+. The van der Waals surface area contributed by atoms with Crippen LogP contribution in [0.3, 0.4) is 0 Å². The van der Waals surface area contributed by atoms with Crippen LogP contribution < -0.4 is 5.32 Å². The molecule has 0 spiro atoms. The minimum Gasteiger partial charge on any atom is -0.394 e. The van der Waals surface area contributed by atoms with Crippen LogP contribution in [0.15, 0.2) is 24.3 Å². The molecule has 0 bridgehead atoms. The molecule has 0 saturated carbocycles. The lowest BCUT2D eigenvalue weighted by molar-refractivity contribution is -0.303. The first-order valence-electron chi connectivity index (χ1n) is 31.7. The number of hydrogen-bond donors (Lipinski definition) is 8. The molecule has 1 amide bonds. The fraction of sp³-hybridized carbons (Fsp3) is 0.921. The molecule has 1 rings (SSSR count). The monoisotopic (exact) mass is 1050 g/mol. The predicted octanol–water partition coefficient (Wildman–Crippen LogP) is 14.1. The van der Waals surface area contributed by atoms with Crippen molar-refractivity contribution in [2.24, 2.45) is 0 Å². The molecule has 438 valence electrons. The van der Waals surface area contributed by atoms with Crippen LogP contribution in [0.5, 0.6) is 0 Å². The summed E-state index contributed by atoms with van der Waals surface area (Å²) in [7, 11) is 0. The molecule has 0 aromatic carbocycles. The predicted molar refractivity (Wildman–Crippen MR) is 307 cm³/mol. The molecule has 0 aliphatic carbocycles. The van der Waals surface area contributed by atoms with E-state index in [0.29, 0.717) is 12.8 Å². The van der Waals surface area contributed by atoms with Crippen molar-refractivity contribution in [1.82, 2.24) is 5.32 Å². The minimum absolute atomic E-state index is 0.257. The summed E-state index contributed by atoms with van der Waals surface area (Å²) in [4.78, 5) is 13.2. The zero-order chi connectivity index (χ0) is 54.0. The summed E-state index contributed by atoms with van der Waals surface area (Å²) < 4.78 is 11.1. The number of allylic oxidation sites excluding steroid dienone is 4. The molecule has 9 unspecified atom stereocenters. The lowest BCUT2D eigenvalue weighted by Gasteiger charge is -2.40. The van der Waals surface area contributed by atoms with E-state index in [-0.39, 0.29) is 12.8 Å². The Morgan fingerprint density at radius 2 is 0.797 bits per heavy atom. The molecule has 0 radical (unpaired) electrons. The lowest BCUT2D eigenvalue weighted by Crippen LogP contribution is -2.60. The smallest absolute Gasteiger partial charge is 0.249 e. The largest absolute Gasteiger partial charge is 0.394 e. The van der Waals surface area contributed by atoms with Crippen LogP contribution in [-0.2, 0) is 14.3 Å². The number of carbonyl (C=O) groups is 1. The Morgan fingerprint density at radius 3 is 1.16 bits per heavy atom. The van der Waals surface area contributed by atoms with Crippen molar-refractivity contribution in [3.8, 4) is 0 Å². The number of unbranched alkanes of at least 4 members (excludes halogenated alkanes) is 39. The summed E-state index contributed by atoms with van der Waals surface area (Å²) >= 11 is 0. The van der Waals surface area contributed by atoms with Crippen molar-refractivity contribution >= 4 is 5.91 Å². The average Bonchev–Trinajstić information content (AvgIpc) is 3.40. The summed E-state index contributed by atoms with van der Waals surface area (Å²) in [5.74, 6) is -0.702. The Bertz CT molecular complexity index is 1250. The van der Waals surface area contributed by atoms with Gasteiger partial charge in [0, 0.05) is 0 Å². The number of amides is 1. The first-order chi connectivity index (χ1) is 36.2. The number of hydrogen-bond acceptors (Lipinski definition) is 10. The highest BCUT2D eigenvalue weighted by atomic mass is 16.7. The van der Waals surface area contributed by atoms with Crippen LogP contribution in [0, 0.1) is 0 Å². The second-order valence-corrected chi connectivity index (χ2v) is 22.5. The maximum Gasteiger partial charge on any atom is 0.249 e. The zero-order valence-electron chi connectivity index (χ0n) is 48.1. The number of aliphatic hydroxyl groups is 7. The van der Waals surface area contributed by atoms with E-state index < -0.39 is 74.2 Å². The van der Waals surface area contributed by atoms with Crippen LogP contribution in [0.4, 0.5) is 0 Å². The van der Waals surface area contributed by atoms with E-state index in [2.05, 4.69) is 43.5 Å². The van der Waals surface area contributed by atoms with Gasteiger partial charge < -0.3 is 50.5 Å². The molecule has 8 N–H and O–H groups in total. The highest BCUT2D eigenvalue weighted by molar-refractivity contribution is 5.80. The molecular weight excluding hydrogens is 931 g/mol. The third-order valence-corrected chi connectivity index (χ3v) is 15.5. The van der Waals surface area contributed by atoms with Gasteiger partial charge in [0.25, 0.3) is 0 Å². The van der Waals surface area contributed by atoms with E-state index >= 15 is 0 Å². The van der Waals surface area contributed by atoms with Gasteiger partial charge in [0.1, 0.15) is 36.6 Å². The van der Waals surface area contributed by atoms with Gasteiger partial charge in [-0.1, -0.05) is 263 Å². The third-order valence-electron chi connectivity index (χ3n) is 15.5. The average molecular weight is 1050 g/mol. The van der Waals surface area contributed by atoms with Crippen LogP contribution in [-0.4, -0.2) is 110 Å². The van der Waals surface area contributed by atoms with Gasteiger partial charge >= 0.3 is 0 Å². The Morgan fingerprint density at radius 1 is 0.459 bits per heavy atom. The molecule has 9 atom stereocenters. The maximum absolute atomic E-state index is 13.2. The van der Waals surface area contributed by atoms with E-state index in [9.17, 15) is 40.5 Å². The van der Waals surface area contributed by atoms with E-state index in [1.807, 2.05) is 0 Å². The molecule has 1 heterocycles. The summed E-state index contributed by atoms with van der Waals surface area (Å²) in [6.45, 7) is 3.48. The second kappa shape index (κ2) is 52.3. The minimum atomic E-state index is -1.67. The molecule has 0 aromatic heterocycles. The number of aliphatic hydroxyl groups excluding tert-OH is 7. The van der Waals surface area contributed by atoms with Crippen molar-refractivity contribution < 1.29 is 50.0 Å². The van der Waals surface area contributed by atoms with Crippen molar-refractivity contribution in [2.45, 2.75) is 358 Å². The van der Waals surface area contributed by atoms with Gasteiger partial charge in [-0.2, -0.15) is 0 Å². The second-order valence-electron chi connectivity index (χ2n) is 22.5. The fourth-order valence-corrected chi connectivity index (χ4v) is 10.3. The maximum atomic E-state index is 13.2. The summed E-state index contributed by atoms with van der Waals surface area (Å²) in [6.07, 6.45) is 52.5. The Hall–Kier alpha value is -1.41. The third kappa shape index (κ3) is 39.9. The normalized spacial score (nSPS) is 19.9. The van der Waals surface area contributed by atoms with Crippen molar-refractivity contribution in [2.75, 3.05) is 13.2 Å². The number of carbonyl (C=O) groups excluding carboxylic acids is 1. The first kappa shape index (κ1) is 70.6. The molecular formula is C63H121NO10. The van der Waals surface area contributed by atoms with E-state index in [0.717, 1.165) is 38.5 Å². The van der Waals surface area contributed by atoms with E-state index in [1.54, 1.807) is 0 Å². The van der Waals surface area contributed by atoms with Crippen LogP contribution >= 0.6 is 0 Å². The van der Waals surface area contributed by atoms with Crippen LogP contribution in [0.2, 0.25) is 0 Å². The molecule has 74 heavy (non-hydrogen) atoms. The Balaban J connectivity index is 2.23. The van der Waals surface area contributed by atoms with Gasteiger partial charge in [0.05, 0.1) is 25.4 Å². The van der Waals surface area contributed by atoms with Gasteiger partial charge in [-0.05, 0) is 64.2 Å². The lowest BCUT2D eigenvalue weighted by atomic mass is 9.98. The van der Waals surface area contributed by atoms with Crippen molar-refractivity contribution in [3.05, 3.63) is 24.3 Å². The molecule has 0 aromatic rings. The summed E-state index contributed by atoms with van der Waals surface area (Å²) in [5.41, 5.74) is 0. The van der Waals surface area contributed by atoms with Gasteiger partial charge in [-0.15, -0.1) is 0 Å². The SMILES string of the molecule is CCCCCCCCCCCCCC/C=C\CCCCCCCCCCCCCCCCC(O)C(=O)NC(COC1OC(CO)C(O)C(O)C1O)C(O)C(O)CCC/C=C/CCCCCCCCCCCCCC. The fourth-order valence-electron chi connectivity index (χ4n) is 10.3. The molecule has 1 aliphatic heterocycles. The Labute approximate surface area is 454 Å². The van der Waals surface area contributed by atoms with Crippen molar-refractivity contribution in [1.29, 1.82) is 0 Å². The van der Waals surface area contributed by atoms with Gasteiger partial charge in [0.2, 0.25) is 5.91 Å². The summed E-state index contributed by atoms with van der Waals surface area (Å²) in [6, 6.07) is -1.18. The van der Waals surface area contributed by atoms with Gasteiger partial charge in [-0.3, -0.25) is 4.79 Å². The van der Waals surface area contributed by atoms with Crippen molar-refractivity contribution in [3.63, 3.8) is 0 Å². The number of nitrogens with one attached hydrogen (secondary N) is 1. The van der Waals surface area contributed by atoms with E-state index in [4.69, 9.17) is 9.47 Å². The van der Waals surface area contributed by atoms with Gasteiger partial charge in [-0.25, -0.2) is 0 Å². The highest BCUT2D eigenvalue weighted by Gasteiger charge is 2.44. The molecule has 11 heteroatoms. The molecule has 11 nitrogen and oxygen atoms in total. The van der Waals surface area contributed by atoms with Gasteiger partial charge in [0.15, 0.2) is 6.29 Å². The number of rotatable bonds is 55. The number of ether oxygens (including phenoxy) is 2. The van der Waals surface area contributed by atoms with E-state index in [1.165, 1.54) is 225 Å². The Kier molecular flexibility index (Phi) is 49.9. The molecule has 1 fully saturated rings. The molecule has 1 aliphatic rings. The first-order valence-corrected chi connectivity index (χ1v) is 31.7. The topological polar surface area (TPSA) is 189 Å². The highest BCUT2D eigenvalue weighted by Crippen LogP contribution is 2.24. The van der Waals surface area contributed by atoms with Crippen LogP contribution in [0.25, 0.3) is 0 Å². The zero-order valence-corrected chi connectivity index (χ0v) is 48.1. The summed E-state index contributed by atoms with van der Waals surface area (Å²) in [5, 5.41) is 76.2.